The summed E-state index contributed by atoms with van der Waals surface area (Å²) in [6, 6.07) is 9.91. The van der Waals surface area contributed by atoms with Crippen molar-refractivity contribution in [1.29, 1.82) is 0 Å². The van der Waals surface area contributed by atoms with Crippen molar-refractivity contribution in [2.24, 2.45) is 5.92 Å². The van der Waals surface area contributed by atoms with E-state index in [1.54, 1.807) is 0 Å². The number of carbonyl (C=O) groups is 1. The van der Waals surface area contributed by atoms with Gasteiger partial charge in [0, 0.05) is 32.2 Å². The van der Waals surface area contributed by atoms with Gasteiger partial charge in [0.15, 0.2) is 5.13 Å². The Morgan fingerprint density at radius 2 is 1.91 bits per heavy atom. The molecule has 0 saturated carbocycles. The zero-order chi connectivity index (χ0) is 25.3. The van der Waals surface area contributed by atoms with Crippen molar-refractivity contribution in [3.8, 4) is 0 Å². The van der Waals surface area contributed by atoms with Crippen LogP contribution in [0.2, 0.25) is 0 Å². The lowest BCUT2D eigenvalue weighted by atomic mass is 9.99. The van der Waals surface area contributed by atoms with Crippen molar-refractivity contribution in [3.05, 3.63) is 58.7 Å². The largest absolute Gasteiger partial charge is 0.481 e. The molecule has 1 atom stereocenters. The standard InChI is InChI=1S/C26H30F3N3O2S/c1-16(2)8-21-15-31(14-19-10-17(3)9-18(11-19)12-24(33)34)6-7-32(21)25-30-22-5-4-20(26(27,28)29)13-23(22)35-25/h4-5,9-11,13,16,21H,6-8,12,14-15H2,1-3H3,(H,33,34)/t21-/m1/s1. The van der Waals surface area contributed by atoms with Gasteiger partial charge in [-0.25, -0.2) is 4.98 Å². The van der Waals surface area contributed by atoms with E-state index in [9.17, 15) is 18.0 Å². The van der Waals surface area contributed by atoms with Gasteiger partial charge in [-0.3, -0.25) is 9.69 Å². The number of halogens is 3. The van der Waals surface area contributed by atoms with Crippen LogP contribution in [0.4, 0.5) is 18.3 Å². The molecule has 0 radical (unpaired) electrons. The lowest BCUT2D eigenvalue weighted by molar-refractivity contribution is -0.138. The van der Waals surface area contributed by atoms with Crippen molar-refractivity contribution in [1.82, 2.24) is 9.88 Å². The van der Waals surface area contributed by atoms with Crippen molar-refractivity contribution >= 4 is 32.7 Å². The zero-order valence-electron chi connectivity index (χ0n) is 20.1. The second-order valence-electron chi connectivity index (χ2n) is 9.79. The second kappa shape index (κ2) is 10.1. The number of aliphatic carboxylic acids is 1. The number of rotatable bonds is 7. The Morgan fingerprint density at radius 3 is 2.60 bits per heavy atom. The maximum atomic E-state index is 13.2. The average Bonchev–Trinajstić information content (AvgIpc) is 3.15. The quantitative estimate of drug-likeness (QED) is 0.428. The van der Waals surface area contributed by atoms with Crippen molar-refractivity contribution < 1.29 is 23.1 Å². The van der Waals surface area contributed by atoms with Crippen molar-refractivity contribution in [3.63, 3.8) is 0 Å². The van der Waals surface area contributed by atoms with Gasteiger partial charge >= 0.3 is 12.1 Å². The Bertz CT molecular complexity index is 1210. The topological polar surface area (TPSA) is 56.7 Å². The van der Waals surface area contributed by atoms with Crippen LogP contribution in [0.5, 0.6) is 0 Å². The highest BCUT2D eigenvalue weighted by atomic mass is 32.1. The van der Waals surface area contributed by atoms with Gasteiger partial charge in [-0.15, -0.1) is 0 Å². The van der Waals surface area contributed by atoms with Crippen LogP contribution >= 0.6 is 11.3 Å². The molecule has 0 aliphatic carbocycles. The number of aryl methyl sites for hydroxylation is 1. The highest BCUT2D eigenvalue weighted by Gasteiger charge is 2.32. The Morgan fingerprint density at radius 1 is 1.17 bits per heavy atom. The van der Waals surface area contributed by atoms with E-state index in [0.29, 0.717) is 16.1 Å². The summed E-state index contributed by atoms with van der Waals surface area (Å²) in [6.45, 7) is 9.38. The number of carboxylic acids is 1. The number of alkyl halides is 3. The molecular weight excluding hydrogens is 475 g/mol. The smallest absolute Gasteiger partial charge is 0.416 e. The SMILES string of the molecule is Cc1cc(CC(=O)O)cc(CN2CCN(c3nc4ccc(C(F)(F)F)cc4s3)[C@H](CC(C)C)C2)c1. The van der Waals surface area contributed by atoms with Crippen molar-refractivity contribution in [2.45, 2.75) is 52.4 Å². The summed E-state index contributed by atoms with van der Waals surface area (Å²) in [5, 5.41) is 9.92. The fraction of sp³-hybridized carbons (Fsp3) is 0.462. The molecule has 1 fully saturated rings. The molecule has 5 nitrogen and oxygen atoms in total. The molecule has 35 heavy (non-hydrogen) atoms. The van der Waals surface area contributed by atoms with Crippen LogP contribution in [0.25, 0.3) is 10.2 Å². The molecule has 1 saturated heterocycles. The molecule has 0 bridgehead atoms. The minimum absolute atomic E-state index is 0.00604. The second-order valence-corrected chi connectivity index (χ2v) is 10.8. The molecule has 188 valence electrons. The summed E-state index contributed by atoms with van der Waals surface area (Å²) in [5.74, 6) is -0.389. The van der Waals surface area contributed by atoms with E-state index in [1.165, 1.54) is 23.5 Å². The van der Waals surface area contributed by atoms with E-state index in [1.807, 2.05) is 19.1 Å². The van der Waals surface area contributed by atoms with Crippen LogP contribution in [0.3, 0.4) is 0 Å². The van der Waals surface area contributed by atoms with Crippen LogP contribution in [0, 0.1) is 12.8 Å². The highest BCUT2D eigenvalue weighted by Crippen LogP contribution is 2.37. The number of carboxylic acid groups (broad SMARTS) is 1. The Labute approximate surface area is 207 Å². The molecule has 1 aliphatic rings. The number of piperazine rings is 1. The van der Waals surface area contributed by atoms with Crippen LogP contribution in [-0.4, -0.2) is 46.6 Å². The average molecular weight is 506 g/mol. The number of thiazole rings is 1. The number of aromatic nitrogens is 1. The molecule has 1 N–H and O–H groups in total. The molecule has 1 aliphatic heterocycles. The Hall–Kier alpha value is -2.65. The van der Waals surface area contributed by atoms with Gasteiger partial charge in [0.05, 0.1) is 22.2 Å². The number of nitrogens with zero attached hydrogens (tertiary/aromatic N) is 3. The molecule has 0 amide bonds. The number of hydrogen-bond acceptors (Lipinski definition) is 5. The van der Waals surface area contributed by atoms with Crippen LogP contribution in [-0.2, 0) is 23.9 Å². The summed E-state index contributed by atoms with van der Waals surface area (Å²) < 4.78 is 40.0. The van der Waals surface area contributed by atoms with Crippen molar-refractivity contribution in [2.75, 3.05) is 24.5 Å². The van der Waals surface area contributed by atoms with Gasteiger partial charge in [0.1, 0.15) is 0 Å². The van der Waals surface area contributed by atoms with E-state index in [0.717, 1.165) is 60.5 Å². The fourth-order valence-corrected chi connectivity index (χ4v) is 5.95. The zero-order valence-corrected chi connectivity index (χ0v) is 20.9. The van der Waals surface area contributed by atoms with Crippen LogP contribution in [0.15, 0.2) is 36.4 Å². The molecule has 1 aromatic heterocycles. The van der Waals surface area contributed by atoms with E-state index in [2.05, 4.69) is 34.7 Å². The van der Waals surface area contributed by atoms with E-state index < -0.39 is 17.7 Å². The monoisotopic (exact) mass is 505 g/mol. The van der Waals surface area contributed by atoms with Gasteiger partial charge in [-0.1, -0.05) is 48.9 Å². The Balaban J connectivity index is 1.54. The lowest BCUT2D eigenvalue weighted by Crippen LogP contribution is -2.53. The summed E-state index contributed by atoms with van der Waals surface area (Å²) in [4.78, 5) is 20.5. The normalized spacial score (nSPS) is 17.5. The molecule has 2 heterocycles. The molecular formula is C26H30F3N3O2S. The predicted molar refractivity (Wildman–Crippen MR) is 133 cm³/mol. The number of anilines is 1. The highest BCUT2D eigenvalue weighted by molar-refractivity contribution is 7.22. The Kier molecular flexibility index (Phi) is 7.38. The first-order valence-electron chi connectivity index (χ1n) is 11.8. The first-order valence-corrected chi connectivity index (χ1v) is 12.6. The maximum absolute atomic E-state index is 13.2. The molecule has 0 spiro atoms. The molecule has 9 heteroatoms. The van der Waals surface area contributed by atoms with Gasteiger partial charge in [0.2, 0.25) is 0 Å². The predicted octanol–water partition coefficient (Wildman–Crippen LogP) is 5.99. The molecule has 4 rings (SSSR count). The summed E-state index contributed by atoms with van der Waals surface area (Å²) in [5.41, 5.74) is 2.89. The summed E-state index contributed by atoms with van der Waals surface area (Å²) in [6.07, 6.45) is -3.42. The molecule has 2 aromatic carbocycles. The maximum Gasteiger partial charge on any atom is 0.416 e. The first-order chi connectivity index (χ1) is 16.5. The van der Waals surface area contributed by atoms with Gasteiger partial charge in [0.25, 0.3) is 0 Å². The van der Waals surface area contributed by atoms with E-state index in [-0.39, 0.29) is 12.5 Å². The van der Waals surface area contributed by atoms with Crippen LogP contribution < -0.4 is 4.90 Å². The summed E-state index contributed by atoms with van der Waals surface area (Å²) >= 11 is 1.32. The van der Waals surface area contributed by atoms with Gasteiger partial charge in [-0.05, 0) is 48.6 Å². The third-order valence-electron chi connectivity index (χ3n) is 6.22. The number of hydrogen-bond donors (Lipinski definition) is 1. The molecule has 0 unspecified atom stereocenters. The number of fused-ring (bicyclic) bond motifs is 1. The summed E-state index contributed by atoms with van der Waals surface area (Å²) in [7, 11) is 0. The van der Waals surface area contributed by atoms with E-state index >= 15 is 0 Å². The first kappa shape index (κ1) is 25.4. The number of benzene rings is 2. The fourth-order valence-electron chi connectivity index (χ4n) is 4.85. The van der Waals surface area contributed by atoms with Gasteiger partial charge in [-0.2, -0.15) is 13.2 Å². The van der Waals surface area contributed by atoms with E-state index in [4.69, 9.17) is 5.11 Å². The third-order valence-corrected chi connectivity index (χ3v) is 7.27. The third kappa shape index (κ3) is 6.32. The molecule has 3 aromatic rings. The minimum Gasteiger partial charge on any atom is -0.481 e. The van der Waals surface area contributed by atoms with Crippen LogP contribution in [0.1, 0.15) is 42.5 Å². The minimum atomic E-state index is -4.37. The van der Waals surface area contributed by atoms with Gasteiger partial charge < -0.3 is 10.0 Å². The lowest BCUT2D eigenvalue weighted by Gasteiger charge is -2.42.